The van der Waals surface area contributed by atoms with Crippen molar-refractivity contribution in [2.24, 2.45) is 0 Å². The number of alkyl halides is 3. The van der Waals surface area contributed by atoms with Crippen molar-refractivity contribution in [1.82, 2.24) is 14.7 Å². The summed E-state index contributed by atoms with van der Waals surface area (Å²) in [4.78, 5) is 27.7. The molecule has 0 saturated heterocycles. The molecule has 0 saturated carbocycles. The summed E-state index contributed by atoms with van der Waals surface area (Å²) < 4.78 is 46.3. The summed E-state index contributed by atoms with van der Waals surface area (Å²) in [5.74, 6) is 0.557. The first-order valence-electron chi connectivity index (χ1n) is 12.8. The molecule has 214 valence electrons. The molecule has 1 aromatic heterocycles. The molecule has 3 amide bonds. The highest BCUT2D eigenvalue weighted by Crippen LogP contribution is 2.34. The lowest BCUT2D eigenvalue weighted by atomic mass is 10.1. The van der Waals surface area contributed by atoms with Crippen LogP contribution >= 0.6 is 0 Å². The molecule has 0 spiro atoms. The Bertz CT molecular complexity index is 1520. The molecule has 0 atom stereocenters. The maximum atomic E-state index is 13.4. The van der Waals surface area contributed by atoms with Gasteiger partial charge >= 0.3 is 12.2 Å². The van der Waals surface area contributed by atoms with Crippen LogP contribution in [0.4, 0.5) is 29.5 Å². The van der Waals surface area contributed by atoms with Crippen LogP contribution in [0.1, 0.15) is 25.1 Å². The third-order valence-electron chi connectivity index (χ3n) is 6.34. The van der Waals surface area contributed by atoms with Crippen molar-refractivity contribution in [3.8, 4) is 22.6 Å². The number of nitrogens with one attached hydrogen (secondary N) is 2. The van der Waals surface area contributed by atoms with Gasteiger partial charge in [0.05, 0.1) is 24.1 Å². The number of hydrogen-bond donors (Lipinski definition) is 2. The maximum absolute atomic E-state index is 13.4. The van der Waals surface area contributed by atoms with Crippen molar-refractivity contribution in [1.29, 1.82) is 0 Å². The highest BCUT2D eigenvalue weighted by molar-refractivity contribution is 5.99. The average Bonchev–Trinajstić information content (AvgIpc) is 3.26. The molecule has 4 rings (SSSR count). The van der Waals surface area contributed by atoms with Crippen LogP contribution in [0.3, 0.4) is 0 Å². The van der Waals surface area contributed by atoms with Crippen LogP contribution in [-0.2, 0) is 11.0 Å². The SMILES string of the molecule is COc1ccc(-n2nc(C)c(-c3ccccc3)c2NC(=O)CN(C(=O)Nc2cccc(C(F)(F)F)c2)C(C)C)cc1. The number of benzene rings is 3. The molecule has 4 aromatic rings. The van der Waals surface area contributed by atoms with Crippen molar-refractivity contribution in [2.75, 3.05) is 24.3 Å². The van der Waals surface area contributed by atoms with Crippen LogP contribution in [0, 0.1) is 6.92 Å². The number of carbonyl (C=O) groups excluding carboxylic acids is 2. The van der Waals surface area contributed by atoms with Gasteiger partial charge in [-0.3, -0.25) is 4.79 Å². The van der Waals surface area contributed by atoms with E-state index in [4.69, 9.17) is 4.74 Å². The molecule has 3 aromatic carbocycles. The van der Waals surface area contributed by atoms with E-state index >= 15 is 0 Å². The predicted molar refractivity (Wildman–Crippen MR) is 151 cm³/mol. The van der Waals surface area contributed by atoms with E-state index in [9.17, 15) is 22.8 Å². The van der Waals surface area contributed by atoms with E-state index in [0.29, 0.717) is 28.5 Å². The smallest absolute Gasteiger partial charge is 0.416 e. The maximum Gasteiger partial charge on any atom is 0.416 e. The van der Waals surface area contributed by atoms with Crippen molar-refractivity contribution < 1.29 is 27.5 Å². The fraction of sp³-hybridized carbons (Fsp3) is 0.233. The minimum Gasteiger partial charge on any atom is -0.497 e. The third-order valence-corrected chi connectivity index (χ3v) is 6.34. The van der Waals surface area contributed by atoms with Gasteiger partial charge in [-0.2, -0.15) is 18.3 Å². The Morgan fingerprint density at radius 2 is 1.66 bits per heavy atom. The molecule has 1 heterocycles. The number of rotatable bonds is 8. The van der Waals surface area contributed by atoms with E-state index in [1.54, 1.807) is 49.9 Å². The Kier molecular flexibility index (Phi) is 8.65. The van der Waals surface area contributed by atoms with E-state index in [1.165, 1.54) is 17.0 Å². The molecule has 11 heteroatoms. The van der Waals surface area contributed by atoms with Gasteiger partial charge in [-0.25, -0.2) is 9.48 Å². The van der Waals surface area contributed by atoms with E-state index < -0.39 is 29.7 Å². The second kappa shape index (κ2) is 12.2. The second-order valence-corrected chi connectivity index (χ2v) is 9.56. The fourth-order valence-electron chi connectivity index (χ4n) is 4.29. The van der Waals surface area contributed by atoms with Gasteiger partial charge in [0.2, 0.25) is 5.91 Å². The van der Waals surface area contributed by atoms with Gasteiger partial charge < -0.3 is 20.3 Å². The summed E-state index contributed by atoms with van der Waals surface area (Å²) in [5.41, 5.74) is 1.97. The Morgan fingerprint density at radius 1 is 0.976 bits per heavy atom. The van der Waals surface area contributed by atoms with Crippen molar-refractivity contribution in [2.45, 2.75) is 33.0 Å². The minimum atomic E-state index is -4.56. The summed E-state index contributed by atoms with van der Waals surface area (Å²) in [7, 11) is 1.57. The first kappa shape index (κ1) is 29.2. The van der Waals surface area contributed by atoms with Gasteiger partial charge in [-0.15, -0.1) is 0 Å². The van der Waals surface area contributed by atoms with Gasteiger partial charge in [0.15, 0.2) is 0 Å². The molecular formula is C30H30F3N5O3. The fourth-order valence-corrected chi connectivity index (χ4v) is 4.29. The van der Waals surface area contributed by atoms with Crippen LogP contribution in [-0.4, -0.2) is 46.3 Å². The number of hydrogen-bond acceptors (Lipinski definition) is 4. The van der Waals surface area contributed by atoms with Gasteiger partial charge in [0.1, 0.15) is 18.1 Å². The summed E-state index contributed by atoms with van der Waals surface area (Å²) >= 11 is 0. The van der Waals surface area contributed by atoms with Crippen molar-refractivity contribution in [3.63, 3.8) is 0 Å². The number of aromatic nitrogens is 2. The van der Waals surface area contributed by atoms with Crippen molar-refractivity contribution in [3.05, 3.63) is 90.1 Å². The average molecular weight is 566 g/mol. The monoisotopic (exact) mass is 565 g/mol. The number of carbonyl (C=O) groups is 2. The van der Waals surface area contributed by atoms with E-state index in [-0.39, 0.29) is 12.2 Å². The van der Waals surface area contributed by atoms with E-state index in [1.807, 2.05) is 37.3 Å². The summed E-state index contributed by atoms with van der Waals surface area (Å²) in [5, 5.41) is 10.1. The van der Waals surface area contributed by atoms with Crippen LogP contribution in [0.25, 0.3) is 16.8 Å². The lowest BCUT2D eigenvalue weighted by Crippen LogP contribution is -2.44. The molecule has 0 radical (unpaired) electrons. The highest BCUT2D eigenvalue weighted by atomic mass is 19.4. The number of amides is 3. The summed E-state index contributed by atoms with van der Waals surface area (Å²) in [6, 6.07) is 19.8. The Morgan fingerprint density at radius 3 is 2.27 bits per heavy atom. The van der Waals surface area contributed by atoms with Gasteiger partial charge in [0, 0.05) is 17.3 Å². The molecule has 8 nitrogen and oxygen atoms in total. The molecule has 41 heavy (non-hydrogen) atoms. The molecule has 0 unspecified atom stereocenters. The number of anilines is 2. The van der Waals surface area contributed by atoms with Gasteiger partial charge in [-0.05, 0) is 68.8 Å². The summed E-state index contributed by atoms with van der Waals surface area (Å²) in [6.07, 6.45) is -4.56. The molecule has 0 aliphatic heterocycles. The molecular weight excluding hydrogens is 535 g/mol. The number of methoxy groups -OCH3 is 1. The minimum absolute atomic E-state index is 0.0320. The van der Waals surface area contributed by atoms with Crippen LogP contribution in [0.2, 0.25) is 0 Å². The molecule has 2 N–H and O–H groups in total. The van der Waals surface area contributed by atoms with Crippen molar-refractivity contribution >= 4 is 23.4 Å². The first-order chi connectivity index (χ1) is 19.5. The Labute approximate surface area is 235 Å². The topological polar surface area (TPSA) is 88.5 Å². The lowest BCUT2D eigenvalue weighted by molar-refractivity contribution is -0.137. The zero-order valence-corrected chi connectivity index (χ0v) is 23.0. The third kappa shape index (κ3) is 6.86. The van der Waals surface area contributed by atoms with E-state index in [2.05, 4.69) is 15.7 Å². The number of aryl methyl sites for hydroxylation is 1. The van der Waals surface area contributed by atoms with Gasteiger partial charge in [-0.1, -0.05) is 36.4 Å². The highest BCUT2D eigenvalue weighted by Gasteiger charge is 2.31. The Hall–Kier alpha value is -4.80. The second-order valence-electron chi connectivity index (χ2n) is 9.56. The zero-order valence-electron chi connectivity index (χ0n) is 23.0. The van der Waals surface area contributed by atoms with Crippen LogP contribution < -0.4 is 15.4 Å². The standard InChI is InChI=1S/C30H30F3N5O3/c1-19(2)37(29(40)34-23-12-8-11-22(17-23)30(31,32)33)18-26(39)35-28-27(21-9-6-5-7-10-21)20(3)36-38(28)24-13-15-25(41-4)16-14-24/h5-17,19H,18H2,1-4H3,(H,34,40)(H,35,39). The number of nitrogens with zero attached hydrogens (tertiary/aromatic N) is 3. The van der Waals surface area contributed by atoms with Crippen LogP contribution in [0.15, 0.2) is 78.9 Å². The predicted octanol–water partition coefficient (Wildman–Crippen LogP) is 6.76. The number of urea groups is 1. The molecule has 0 fully saturated rings. The lowest BCUT2D eigenvalue weighted by Gasteiger charge is -2.26. The van der Waals surface area contributed by atoms with E-state index in [0.717, 1.165) is 17.7 Å². The molecule has 0 aliphatic rings. The molecule has 0 bridgehead atoms. The zero-order chi connectivity index (χ0) is 29.7. The first-order valence-corrected chi connectivity index (χ1v) is 12.8. The number of ether oxygens (including phenoxy) is 1. The number of halogens is 3. The quantitative estimate of drug-likeness (QED) is 0.247. The van der Waals surface area contributed by atoms with Gasteiger partial charge in [0.25, 0.3) is 0 Å². The normalized spacial score (nSPS) is 11.3. The summed E-state index contributed by atoms with van der Waals surface area (Å²) in [6.45, 7) is 4.89. The Balaban J connectivity index is 1.62. The largest absolute Gasteiger partial charge is 0.497 e. The molecule has 0 aliphatic carbocycles. The van der Waals surface area contributed by atoms with Crippen LogP contribution in [0.5, 0.6) is 5.75 Å².